The number of carbonyl (C=O) groups is 1. The number of methoxy groups -OCH3 is 2. The number of rotatable bonds is 8. The fourth-order valence-corrected chi connectivity index (χ4v) is 3.93. The van der Waals surface area contributed by atoms with Crippen molar-refractivity contribution in [2.45, 2.75) is 6.04 Å². The summed E-state index contributed by atoms with van der Waals surface area (Å²) in [7, 11) is 5.23. The van der Waals surface area contributed by atoms with Crippen molar-refractivity contribution in [3.8, 4) is 11.5 Å². The van der Waals surface area contributed by atoms with E-state index in [0.29, 0.717) is 16.5 Å². The van der Waals surface area contributed by atoms with Crippen LogP contribution in [0.25, 0.3) is 6.08 Å². The molecule has 1 aliphatic heterocycles. The van der Waals surface area contributed by atoms with E-state index in [2.05, 4.69) is 34.3 Å². The van der Waals surface area contributed by atoms with E-state index in [4.69, 9.17) is 21.1 Å². The van der Waals surface area contributed by atoms with Gasteiger partial charge >= 0.3 is 0 Å². The van der Waals surface area contributed by atoms with Crippen LogP contribution in [0.15, 0.2) is 48.5 Å². The van der Waals surface area contributed by atoms with Crippen LogP contribution in [0, 0.1) is 0 Å². The molecule has 7 heteroatoms. The lowest BCUT2D eigenvalue weighted by atomic mass is 10.1. The molecule has 1 unspecified atom stereocenters. The van der Waals surface area contributed by atoms with Crippen LogP contribution < -0.4 is 14.8 Å². The SMILES string of the molecule is COc1cc(/C=C/C(=O)NC(CN2CCN(C)CC2)c2ccccc2)cc(Cl)c1OC. The van der Waals surface area contributed by atoms with Crippen LogP contribution in [-0.2, 0) is 4.79 Å². The third-order valence-electron chi connectivity index (χ3n) is 5.44. The molecule has 1 atom stereocenters. The van der Waals surface area contributed by atoms with Crippen LogP contribution in [0.3, 0.4) is 0 Å². The average Bonchev–Trinajstić information content (AvgIpc) is 2.78. The third-order valence-corrected chi connectivity index (χ3v) is 5.72. The van der Waals surface area contributed by atoms with Gasteiger partial charge in [-0.3, -0.25) is 9.69 Å². The van der Waals surface area contributed by atoms with Crippen molar-refractivity contribution in [2.24, 2.45) is 0 Å². The number of piperazine rings is 1. The number of likely N-dealkylation sites (N-methyl/N-ethyl adjacent to an activating group) is 1. The topological polar surface area (TPSA) is 54.0 Å². The van der Waals surface area contributed by atoms with Gasteiger partial charge in [-0.15, -0.1) is 0 Å². The van der Waals surface area contributed by atoms with Crippen molar-refractivity contribution < 1.29 is 14.3 Å². The van der Waals surface area contributed by atoms with Crippen molar-refractivity contribution in [1.29, 1.82) is 0 Å². The number of carbonyl (C=O) groups excluding carboxylic acids is 1. The summed E-state index contributed by atoms with van der Waals surface area (Å²) in [5, 5.41) is 3.59. The summed E-state index contributed by atoms with van der Waals surface area (Å²) in [6.07, 6.45) is 3.25. The molecule has 31 heavy (non-hydrogen) atoms. The smallest absolute Gasteiger partial charge is 0.244 e. The number of hydrogen-bond acceptors (Lipinski definition) is 5. The van der Waals surface area contributed by atoms with Crippen LogP contribution in [0.1, 0.15) is 17.2 Å². The van der Waals surface area contributed by atoms with E-state index < -0.39 is 0 Å². The van der Waals surface area contributed by atoms with Crippen molar-refractivity contribution in [2.75, 3.05) is 54.0 Å². The van der Waals surface area contributed by atoms with Gasteiger partial charge in [0.25, 0.3) is 0 Å². The van der Waals surface area contributed by atoms with Gasteiger partial charge in [0.15, 0.2) is 11.5 Å². The van der Waals surface area contributed by atoms with Gasteiger partial charge in [-0.2, -0.15) is 0 Å². The molecule has 0 spiro atoms. The van der Waals surface area contributed by atoms with Crippen LogP contribution in [0.2, 0.25) is 5.02 Å². The highest BCUT2D eigenvalue weighted by Crippen LogP contribution is 2.36. The molecule has 0 bridgehead atoms. The average molecular weight is 444 g/mol. The van der Waals surface area contributed by atoms with E-state index in [1.165, 1.54) is 13.2 Å². The van der Waals surface area contributed by atoms with Crippen LogP contribution in [0.5, 0.6) is 11.5 Å². The van der Waals surface area contributed by atoms with E-state index >= 15 is 0 Å². The van der Waals surface area contributed by atoms with Gasteiger partial charge < -0.3 is 19.7 Å². The first-order valence-electron chi connectivity index (χ1n) is 10.4. The number of halogens is 1. The van der Waals surface area contributed by atoms with Gasteiger partial charge in [-0.25, -0.2) is 0 Å². The molecule has 2 aromatic rings. The summed E-state index contributed by atoms with van der Waals surface area (Å²) in [6.45, 7) is 4.84. The molecule has 0 saturated carbocycles. The minimum atomic E-state index is -0.158. The monoisotopic (exact) mass is 443 g/mol. The first kappa shape index (κ1) is 23.1. The molecule has 0 aromatic heterocycles. The van der Waals surface area contributed by atoms with Gasteiger partial charge in [0.05, 0.1) is 25.3 Å². The van der Waals surface area contributed by atoms with Gasteiger partial charge in [-0.1, -0.05) is 41.9 Å². The van der Waals surface area contributed by atoms with Crippen molar-refractivity contribution in [3.63, 3.8) is 0 Å². The molecule has 1 fully saturated rings. The Morgan fingerprint density at radius 2 is 1.84 bits per heavy atom. The highest BCUT2D eigenvalue weighted by Gasteiger charge is 2.20. The maximum atomic E-state index is 12.7. The largest absolute Gasteiger partial charge is 0.493 e. The summed E-state index contributed by atoms with van der Waals surface area (Å²) in [4.78, 5) is 17.5. The summed E-state index contributed by atoms with van der Waals surface area (Å²) in [6, 6.07) is 13.5. The Kier molecular flexibility index (Phi) is 8.35. The Morgan fingerprint density at radius 1 is 1.13 bits per heavy atom. The fraction of sp³-hybridized carbons (Fsp3) is 0.375. The number of amides is 1. The summed E-state index contributed by atoms with van der Waals surface area (Å²) in [5.74, 6) is 0.836. The summed E-state index contributed by atoms with van der Waals surface area (Å²) >= 11 is 6.26. The maximum Gasteiger partial charge on any atom is 0.244 e. The number of ether oxygens (including phenoxy) is 2. The summed E-state index contributed by atoms with van der Waals surface area (Å²) in [5.41, 5.74) is 1.85. The lowest BCUT2D eigenvalue weighted by Gasteiger charge is -2.34. The highest BCUT2D eigenvalue weighted by molar-refractivity contribution is 6.32. The lowest BCUT2D eigenvalue weighted by Crippen LogP contribution is -2.47. The van der Waals surface area contributed by atoms with Gasteiger partial charge in [-0.05, 0) is 36.4 Å². The second-order valence-electron chi connectivity index (χ2n) is 7.65. The minimum Gasteiger partial charge on any atom is -0.493 e. The Hall–Kier alpha value is -2.54. The zero-order chi connectivity index (χ0) is 22.2. The second-order valence-corrected chi connectivity index (χ2v) is 8.05. The normalized spacial score (nSPS) is 16.3. The molecule has 6 nitrogen and oxygen atoms in total. The van der Waals surface area contributed by atoms with Gasteiger partial charge in [0.1, 0.15) is 0 Å². The van der Waals surface area contributed by atoms with Crippen LogP contribution in [0.4, 0.5) is 0 Å². The number of nitrogens with one attached hydrogen (secondary N) is 1. The molecular formula is C24H30ClN3O3. The van der Waals surface area contributed by atoms with E-state index in [1.807, 2.05) is 18.2 Å². The van der Waals surface area contributed by atoms with E-state index in [1.54, 1.807) is 25.3 Å². The molecule has 0 radical (unpaired) electrons. The molecule has 2 aromatic carbocycles. The molecule has 1 heterocycles. The third kappa shape index (κ3) is 6.47. The lowest BCUT2D eigenvalue weighted by molar-refractivity contribution is -0.117. The number of nitrogens with zero attached hydrogens (tertiary/aromatic N) is 2. The van der Waals surface area contributed by atoms with Gasteiger partial charge in [0.2, 0.25) is 5.91 Å². The number of benzene rings is 2. The van der Waals surface area contributed by atoms with Crippen molar-refractivity contribution in [3.05, 3.63) is 64.7 Å². The first-order valence-corrected chi connectivity index (χ1v) is 10.7. The highest BCUT2D eigenvalue weighted by atomic mass is 35.5. The molecule has 1 N–H and O–H groups in total. The Balaban J connectivity index is 1.71. The van der Waals surface area contributed by atoms with Gasteiger partial charge in [0, 0.05) is 38.8 Å². The molecule has 0 aliphatic carbocycles. The molecule has 1 saturated heterocycles. The van der Waals surface area contributed by atoms with Crippen LogP contribution in [-0.4, -0.2) is 69.7 Å². The fourth-order valence-electron chi connectivity index (χ4n) is 3.63. The Labute approximate surface area is 189 Å². The molecule has 3 rings (SSSR count). The zero-order valence-corrected chi connectivity index (χ0v) is 19.1. The number of hydrogen-bond donors (Lipinski definition) is 1. The molecule has 166 valence electrons. The van der Waals surface area contributed by atoms with Crippen LogP contribution >= 0.6 is 11.6 Å². The quantitative estimate of drug-likeness (QED) is 0.633. The predicted molar refractivity (Wildman–Crippen MR) is 125 cm³/mol. The first-order chi connectivity index (χ1) is 15.0. The minimum absolute atomic E-state index is 0.0873. The standard InChI is InChI=1S/C24H30ClN3O3/c1-27-11-13-28(14-12-27)17-21(19-7-5-4-6-8-19)26-23(29)10-9-18-15-20(25)24(31-3)22(16-18)30-2/h4-10,15-16,21H,11-14,17H2,1-3H3,(H,26,29)/b10-9+. The predicted octanol–water partition coefficient (Wildman–Crippen LogP) is 3.48. The second kappa shape index (κ2) is 11.2. The molecule has 1 amide bonds. The maximum absolute atomic E-state index is 12.7. The van der Waals surface area contributed by atoms with E-state index in [0.717, 1.165) is 43.9 Å². The Bertz CT molecular complexity index is 896. The molecular weight excluding hydrogens is 414 g/mol. The van der Waals surface area contributed by atoms with Crippen molar-refractivity contribution >= 4 is 23.6 Å². The summed E-state index contributed by atoms with van der Waals surface area (Å²) < 4.78 is 10.6. The zero-order valence-electron chi connectivity index (χ0n) is 18.3. The van der Waals surface area contributed by atoms with E-state index in [9.17, 15) is 4.79 Å². The Morgan fingerprint density at radius 3 is 2.48 bits per heavy atom. The van der Waals surface area contributed by atoms with E-state index in [-0.39, 0.29) is 11.9 Å². The van der Waals surface area contributed by atoms with Crippen molar-refractivity contribution in [1.82, 2.24) is 15.1 Å². The molecule has 1 aliphatic rings.